The van der Waals surface area contributed by atoms with Crippen molar-refractivity contribution >= 4 is 28.3 Å². The van der Waals surface area contributed by atoms with E-state index < -0.39 is 12.7 Å². The molecule has 13 heteroatoms. The predicted octanol–water partition coefficient (Wildman–Crippen LogP) is 2.73. The van der Waals surface area contributed by atoms with E-state index >= 15 is 0 Å². The summed E-state index contributed by atoms with van der Waals surface area (Å²) in [4.78, 5) is 24.1. The number of aryl methyl sites for hydroxylation is 1. The lowest BCUT2D eigenvalue weighted by molar-refractivity contribution is -0.0489. The molecule has 10 nitrogen and oxygen atoms in total. The van der Waals surface area contributed by atoms with Crippen LogP contribution in [0.4, 0.5) is 14.6 Å². The van der Waals surface area contributed by atoms with Gasteiger partial charge in [0.1, 0.15) is 24.0 Å². The predicted molar refractivity (Wildman–Crippen MR) is 108 cm³/mol. The van der Waals surface area contributed by atoms with Crippen molar-refractivity contribution in [2.45, 2.75) is 19.6 Å². The zero-order valence-electron chi connectivity index (χ0n) is 16.2. The zero-order valence-corrected chi connectivity index (χ0v) is 17.0. The van der Waals surface area contributed by atoms with Gasteiger partial charge in [0.2, 0.25) is 0 Å². The molecule has 3 heterocycles. The Morgan fingerprint density at radius 2 is 1.97 bits per heavy atom. The number of rotatable bonds is 6. The SMILES string of the molecule is C[C@H](Nc1ncnc2c(OC(F)F)cc(Cl)cc12)c1ncnn1-c1ccc(=O)n(C)n1. The van der Waals surface area contributed by atoms with E-state index in [-0.39, 0.29) is 21.8 Å². The minimum absolute atomic E-state index is 0.159. The third kappa shape index (κ3) is 4.14. The fraction of sp³-hybridized carbons (Fsp3) is 0.222. The van der Waals surface area contributed by atoms with Gasteiger partial charge in [0.15, 0.2) is 17.4 Å². The highest BCUT2D eigenvalue weighted by atomic mass is 35.5. The number of nitrogens with one attached hydrogen (secondary N) is 1. The lowest BCUT2D eigenvalue weighted by Crippen LogP contribution is -2.22. The average Bonchev–Trinajstić information content (AvgIpc) is 3.20. The fourth-order valence-electron chi connectivity index (χ4n) is 3.00. The van der Waals surface area contributed by atoms with Crippen molar-refractivity contribution in [3.63, 3.8) is 0 Å². The largest absolute Gasteiger partial charge is 0.432 e. The average molecular weight is 449 g/mol. The highest BCUT2D eigenvalue weighted by molar-refractivity contribution is 6.31. The maximum Gasteiger partial charge on any atom is 0.387 e. The molecule has 4 aromatic rings. The summed E-state index contributed by atoms with van der Waals surface area (Å²) in [7, 11) is 1.53. The van der Waals surface area contributed by atoms with Crippen molar-refractivity contribution in [2.75, 3.05) is 5.32 Å². The molecule has 0 spiro atoms. The van der Waals surface area contributed by atoms with Crippen molar-refractivity contribution < 1.29 is 13.5 Å². The van der Waals surface area contributed by atoms with Gasteiger partial charge in [-0.05, 0) is 19.1 Å². The maximum atomic E-state index is 12.8. The number of hydrogen-bond acceptors (Lipinski definition) is 8. The van der Waals surface area contributed by atoms with Gasteiger partial charge in [0.25, 0.3) is 5.56 Å². The Morgan fingerprint density at radius 1 is 1.16 bits per heavy atom. The van der Waals surface area contributed by atoms with Crippen LogP contribution in [0, 0.1) is 0 Å². The molecule has 1 aromatic carbocycles. The number of anilines is 1. The number of alkyl halides is 2. The van der Waals surface area contributed by atoms with E-state index in [1.165, 1.54) is 47.3 Å². The fourth-order valence-corrected chi connectivity index (χ4v) is 3.21. The number of fused-ring (bicyclic) bond motifs is 1. The standard InChI is InChI=1S/C18H15ClF2N8O2/c1-9(17-24-8-25-29(17)13-3-4-14(30)28(2)27-13)26-16-11-5-10(19)6-12(31-18(20)21)15(11)22-7-23-16/h3-9,18H,1-2H3,(H,22,23,26)/t9-/m0/s1. The molecule has 0 unspecified atom stereocenters. The maximum absolute atomic E-state index is 12.8. The van der Waals surface area contributed by atoms with Gasteiger partial charge >= 0.3 is 6.61 Å². The van der Waals surface area contributed by atoms with E-state index in [1.54, 1.807) is 13.0 Å². The molecule has 0 aliphatic carbocycles. The first-order chi connectivity index (χ1) is 14.8. The highest BCUT2D eigenvalue weighted by Gasteiger charge is 2.19. The van der Waals surface area contributed by atoms with E-state index in [9.17, 15) is 13.6 Å². The van der Waals surface area contributed by atoms with Crippen LogP contribution in [-0.4, -0.2) is 41.1 Å². The summed E-state index contributed by atoms with van der Waals surface area (Å²) in [6, 6.07) is 5.26. The first kappa shape index (κ1) is 20.6. The second-order valence-corrected chi connectivity index (χ2v) is 6.89. The number of ether oxygens (including phenoxy) is 1. The number of halogens is 3. The molecule has 0 radical (unpaired) electrons. The van der Waals surface area contributed by atoms with Gasteiger partial charge < -0.3 is 10.1 Å². The molecule has 1 atom stereocenters. The van der Waals surface area contributed by atoms with E-state index in [1.807, 2.05) is 0 Å². The molecule has 0 fully saturated rings. The van der Waals surface area contributed by atoms with Gasteiger partial charge in [-0.1, -0.05) is 11.6 Å². The third-order valence-electron chi connectivity index (χ3n) is 4.36. The van der Waals surface area contributed by atoms with Crippen molar-refractivity contribution in [3.05, 3.63) is 58.1 Å². The number of aromatic nitrogens is 7. The van der Waals surface area contributed by atoms with E-state index in [0.717, 1.165) is 0 Å². The molecule has 31 heavy (non-hydrogen) atoms. The summed E-state index contributed by atoms with van der Waals surface area (Å²) in [5.41, 5.74) is -0.0849. The molecule has 0 aliphatic rings. The van der Waals surface area contributed by atoms with Crippen LogP contribution in [0.2, 0.25) is 5.02 Å². The Morgan fingerprint density at radius 3 is 2.71 bits per heavy atom. The van der Waals surface area contributed by atoms with Crippen LogP contribution in [0.3, 0.4) is 0 Å². The van der Waals surface area contributed by atoms with Crippen LogP contribution in [0.5, 0.6) is 5.75 Å². The summed E-state index contributed by atoms with van der Waals surface area (Å²) in [6.45, 7) is -1.22. The molecule has 4 rings (SSSR count). The number of benzene rings is 1. The summed E-state index contributed by atoms with van der Waals surface area (Å²) in [5.74, 6) is 1.05. The minimum Gasteiger partial charge on any atom is -0.432 e. The molecule has 1 N–H and O–H groups in total. The van der Waals surface area contributed by atoms with Crippen LogP contribution in [0.15, 0.2) is 41.7 Å². The smallest absolute Gasteiger partial charge is 0.387 e. The molecular formula is C18H15ClF2N8O2. The second-order valence-electron chi connectivity index (χ2n) is 6.45. The topological polar surface area (TPSA) is 113 Å². The first-order valence-electron chi connectivity index (χ1n) is 8.93. The van der Waals surface area contributed by atoms with Gasteiger partial charge in [-0.15, -0.1) is 5.10 Å². The summed E-state index contributed by atoms with van der Waals surface area (Å²) < 4.78 is 32.7. The lowest BCUT2D eigenvalue weighted by Gasteiger charge is -2.17. The Labute approximate surface area is 178 Å². The molecule has 0 amide bonds. The van der Waals surface area contributed by atoms with Crippen LogP contribution in [-0.2, 0) is 7.05 Å². The molecule has 3 aromatic heterocycles. The Balaban J connectivity index is 1.71. The van der Waals surface area contributed by atoms with Crippen LogP contribution >= 0.6 is 11.6 Å². The Hall–Kier alpha value is -3.67. The van der Waals surface area contributed by atoms with Crippen molar-refractivity contribution in [1.29, 1.82) is 0 Å². The Bertz CT molecular complexity index is 1310. The second kappa shape index (κ2) is 8.22. The van der Waals surface area contributed by atoms with Gasteiger partial charge in [-0.3, -0.25) is 4.79 Å². The molecule has 0 saturated heterocycles. The van der Waals surface area contributed by atoms with Crippen molar-refractivity contribution in [3.8, 4) is 11.6 Å². The zero-order chi connectivity index (χ0) is 22.1. The summed E-state index contributed by atoms with van der Waals surface area (Å²) in [6.07, 6.45) is 2.58. The summed E-state index contributed by atoms with van der Waals surface area (Å²) in [5, 5.41) is 12.1. The van der Waals surface area contributed by atoms with Crippen LogP contribution in [0.25, 0.3) is 16.7 Å². The van der Waals surface area contributed by atoms with E-state index in [0.29, 0.717) is 22.8 Å². The minimum atomic E-state index is -3.03. The molecule has 0 saturated carbocycles. The number of nitrogens with zero attached hydrogens (tertiary/aromatic N) is 7. The first-order valence-corrected chi connectivity index (χ1v) is 9.31. The van der Waals surface area contributed by atoms with Crippen LogP contribution < -0.4 is 15.6 Å². The lowest BCUT2D eigenvalue weighted by atomic mass is 10.2. The molecule has 0 bridgehead atoms. The number of hydrogen-bond donors (Lipinski definition) is 1. The van der Waals surface area contributed by atoms with E-state index in [2.05, 4.69) is 35.2 Å². The van der Waals surface area contributed by atoms with Gasteiger partial charge in [0, 0.05) is 29.6 Å². The Kier molecular flexibility index (Phi) is 5.46. The monoisotopic (exact) mass is 448 g/mol. The van der Waals surface area contributed by atoms with Gasteiger partial charge in [0.05, 0.1) is 6.04 Å². The van der Waals surface area contributed by atoms with Crippen molar-refractivity contribution in [1.82, 2.24) is 34.5 Å². The van der Waals surface area contributed by atoms with E-state index in [4.69, 9.17) is 11.6 Å². The molecule has 0 aliphatic heterocycles. The van der Waals surface area contributed by atoms with Gasteiger partial charge in [-0.2, -0.15) is 18.6 Å². The molecular weight excluding hydrogens is 434 g/mol. The summed E-state index contributed by atoms with van der Waals surface area (Å²) >= 11 is 6.08. The molecule has 160 valence electrons. The highest BCUT2D eigenvalue weighted by Crippen LogP contribution is 2.33. The van der Waals surface area contributed by atoms with Crippen LogP contribution in [0.1, 0.15) is 18.8 Å². The van der Waals surface area contributed by atoms with Gasteiger partial charge in [-0.25, -0.2) is 19.6 Å². The van der Waals surface area contributed by atoms with Crippen molar-refractivity contribution in [2.24, 2.45) is 7.05 Å². The third-order valence-corrected chi connectivity index (χ3v) is 4.58. The quantitative estimate of drug-likeness (QED) is 0.479. The normalized spacial score (nSPS) is 12.3.